The van der Waals surface area contributed by atoms with Gasteiger partial charge in [0, 0.05) is 36.0 Å². The molecule has 29 heavy (non-hydrogen) atoms. The topological polar surface area (TPSA) is 49.4 Å². The molecular weight excluding hydrogens is 404 g/mol. The largest absolute Gasteiger partial charge is 0.354 e. The third kappa shape index (κ3) is 7.75. The first-order valence-electron chi connectivity index (χ1n) is 9.95. The minimum atomic E-state index is -0.551. The molecule has 2 aromatic carbocycles. The van der Waals surface area contributed by atoms with Crippen LogP contribution in [0.2, 0.25) is 5.02 Å². The summed E-state index contributed by atoms with van der Waals surface area (Å²) in [6, 6.07) is 17.1. The van der Waals surface area contributed by atoms with E-state index < -0.39 is 6.04 Å². The second kappa shape index (κ2) is 12.6. The number of rotatable bonds is 11. The first-order valence-corrected chi connectivity index (χ1v) is 11.5. The van der Waals surface area contributed by atoms with Crippen LogP contribution in [-0.4, -0.2) is 35.1 Å². The van der Waals surface area contributed by atoms with Crippen LogP contribution >= 0.6 is 23.4 Å². The summed E-state index contributed by atoms with van der Waals surface area (Å²) in [6.45, 7) is 4.70. The molecule has 1 atom stereocenters. The van der Waals surface area contributed by atoms with Gasteiger partial charge in [-0.2, -0.15) is 11.8 Å². The molecular formula is C23H29ClN2O2S. The number of hydrogen-bond acceptors (Lipinski definition) is 3. The van der Waals surface area contributed by atoms with Crippen LogP contribution < -0.4 is 5.32 Å². The number of carbonyl (C=O) groups is 2. The molecule has 0 saturated carbocycles. The molecule has 0 unspecified atom stereocenters. The SMILES string of the molecule is CCCNC(=O)[C@H](C)N(Cc1ccccc1Cl)C(=O)CCSCc1ccccc1. The van der Waals surface area contributed by atoms with Crippen LogP contribution in [0.25, 0.3) is 0 Å². The van der Waals surface area contributed by atoms with Gasteiger partial charge in [-0.3, -0.25) is 9.59 Å². The quantitative estimate of drug-likeness (QED) is 0.513. The minimum Gasteiger partial charge on any atom is -0.354 e. The molecule has 4 nitrogen and oxygen atoms in total. The molecule has 2 amide bonds. The van der Waals surface area contributed by atoms with E-state index in [4.69, 9.17) is 11.6 Å². The van der Waals surface area contributed by atoms with Crippen molar-refractivity contribution >= 4 is 35.2 Å². The van der Waals surface area contributed by atoms with Crippen LogP contribution in [0.4, 0.5) is 0 Å². The first kappa shape index (κ1) is 23.3. The van der Waals surface area contributed by atoms with Gasteiger partial charge in [0.15, 0.2) is 0 Å². The fourth-order valence-electron chi connectivity index (χ4n) is 2.86. The van der Waals surface area contributed by atoms with Gasteiger partial charge in [0.25, 0.3) is 0 Å². The maximum atomic E-state index is 13.0. The average molecular weight is 433 g/mol. The van der Waals surface area contributed by atoms with Crippen LogP contribution in [-0.2, 0) is 21.9 Å². The Labute approximate surface area is 183 Å². The van der Waals surface area contributed by atoms with Gasteiger partial charge >= 0.3 is 0 Å². The van der Waals surface area contributed by atoms with Crippen molar-refractivity contribution in [3.8, 4) is 0 Å². The highest BCUT2D eigenvalue weighted by molar-refractivity contribution is 7.98. The number of amides is 2. The molecule has 0 aliphatic carbocycles. The van der Waals surface area contributed by atoms with E-state index in [1.54, 1.807) is 29.7 Å². The van der Waals surface area contributed by atoms with Crippen LogP contribution in [0.5, 0.6) is 0 Å². The summed E-state index contributed by atoms with van der Waals surface area (Å²) in [6.07, 6.45) is 1.24. The van der Waals surface area contributed by atoms with Crippen molar-refractivity contribution in [3.05, 3.63) is 70.7 Å². The summed E-state index contributed by atoms with van der Waals surface area (Å²) in [5, 5.41) is 3.49. The van der Waals surface area contributed by atoms with Gasteiger partial charge in [-0.15, -0.1) is 0 Å². The smallest absolute Gasteiger partial charge is 0.242 e. The predicted molar refractivity (Wildman–Crippen MR) is 122 cm³/mol. The number of halogens is 1. The van der Waals surface area contributed by atoms with E-state index in [-0.39, 0.29) is 11.8 Å². The molecule has 0 spiro atoms. The normalized spacial score (nSPS) is 11.7. The fourth-order valence-corrected chi connectivity index (χ4v) is 3.94. The summed E-state index contributed by atoms with van der Waals surface area (Å²) in [5.74, 6) is 1.40. The summed E-state index contributed by atoms with van der Waals surface area (Å²) in [5.41, 5.74) is 2.08. The second-order valence-corrected chi connectivity index (χ2v) is 8.38. The lowest BCUT2D eigenvalue weighted by Gasteiger charge is -2.29. The third-order valence-corrected chi connectivity index (χ3v) is 5.99. The van der Waals surface area contributed by atoms with E-state index in [1.165, 1.54) is 5.56 Å². The molecule has 0 saturated heterocycles. The summed E-state index contributed by atoms with van der Waals surface area (Å²) < 4.78 is 0. The molecule has 1 N–H and O–H groups in total. The zero-order chi connectivity index (χ0) is 21.1. The van der Waals surface area contributed by atoms with Crippen LogP contribution in [0.15, 0.2) is 54.6 Å². The zero-order valence-corrected chi connectivity index (χ0v) is 18.6. The standard InChI is InChI=1S/C23H29ClN2O2S/c1-3-14-25-23(28)18(2)26(16-20-11-7-8-12-21(20)24)22(27)13-15-29-17-19-9-5-4-6-10-19/h4-12,18H,3,13-17H2,1-2H3,(H,25,28)/t18-/m0/s1. The first-order chi connectivity index (χ1) is 14.0. The molecule has 2 rings (SSSR count). The molecule has 0 heterocycles. The highest BCUT2D eigenvalue weighted by Crippen LogP contribution is 2.20. The Morgan fingerprint density at radius 2 is 1.79 bits per heavy atom. The Morgan fingerprint density at radius 1 is 1.10 bits per heavy atom. The van der Waals surface area contributed by atoms with Gasteiger partial charge in [-0.25, -0.2) is 0 Å². The van der Waals surface area contributed by atoms with E-state index >= 15 is 0 Å². The Hall–Kier alpha value is -1.98. The van der Waals surface area contributed by atoms with E-state index in [9.17, 15) is 9.59 Å². The lowest BCUT2D eigenvalue weighted by atomic mass is 10.1. The predicted octanol–water partition coefficient (Wildman–Crippen LogP) is 4.91. The molecule has 0 aliphatic rings. The van der Waals surface area contributed by atoms with Crippen LogP contribution in [0.1, 0.15) is 37.8 Å². The zero-order valence-electron chi connectivity index (χ0n) is 17.1. The highest BCUT2D eigenvalue weighted by atomic mass is 35.5. The van der Waals surface area contributed by atoms with Gasteiger partial charge < -0.3 is 10.2 Å². The summed E-state index contributed by atoms with van der Waals surface area (Å²) in [7, 11) is 0. The Balaban J connectivity index is 1.99. The van der Waals surface area contributed by atoms with Gasteiger partial charge in [-0.05, 0) is 30.5 Å². The molecule has 156 valence electrons. The maximum absolute atomic E-state index is 13.0. The van der Waals surface area contributed by atoms with Crippen LogP contribution in [0.3, 0.4) is 0 Å². The van der Waals surface area contributed by atoms with E-state index in [1.807, 2.05) is 43.3 Å². The molecule has 2 aromatic rings. The van der Waals surface area contributed by atoms with E-state index in [0.717, 1.165) is 17.7 Å². The number of thioether (sulfide) groups is 1. The number of carbonyl (C=O) groups excluding carboxylic acids is 2. The summed E-state index contributed by atoms with van der Waals surface area (Å²) in [4.78, 5) is 27.1. The fraction of sp³-hybridized carbons (Fsp3) is 0.391. The van der Waals surface area contributed by atoms with Crippen molar-refractivity contribution < 1.29 is 9.59 Å². The van der Waals surface area contributed by atoms with E-state index in [2.05, 4.69) is 17.4 Å². The Morgan fingerprint density at radius 3 is 2.48 bits per heavy atom. The highest BCUT2D eigenvalue weighted by Gasteiger charge is 2.26. The van der Waals surface area contributed by atoms with Crippen molar-refractivity contribution in [3.63, 3.8) is 0 Å². The van der Waals surface area contributed by atoms with Gasteiger partial charge in [0.1, 0.15) is 6.04 Å². The van der Waals surface area contributed by atoms with Gasteiger partial charge in [-0.1, -0.05) is 67.1 Å². The van der Waals surface area contributed by atoms with Crippen molar-refractivity contribution in [1.29, 1.82) is 0 Å². The van der Waals surface area contributed by atoms with Gasteiger partial charge in [0.05, 0.1) is 0 Å². The van der Waals surface area contributed by atoms with Gasteiger partial charge in [0.2, 0.25) is 11.8 Å². The Bertz CT molecular complexity index is 785. The molecule has 0 aromatic heterocycles. The Kier molecular flexibility index (Phi) is 10.1. The molecule has 0 bridgehead atoms. The second-order valence-electron chi connectivity index (χ2n) is 6.87. The third-order valence-electron chi connectivity index (χ3n) is 4.59. The van der Waals surface area contributed by atoms with Crippen molar-refractivity contribution in [1.82, 2.24) is 10.2 Å². The molecule has 0 aliphatic heterocycles. The van der Waals surface area contributed by atoms with E-state index in [0.29, 0.717) is 30.3 Å². The minimum absolute atomic E-state index is 0.0374. The number of nitrogens with zero attached hydrogens (tertiary/aromatic N) is 1. The average Bonchev–Trinajstić information content (AvgIpc) is 2.74. The number of benzene rings is 2. The van der Waals surface area contributed by atoms with Crippen molar-refractivity contribution in [2.75, 3.05) is 12.3 Å². The lowest BCUT2D eigenvalue weighted by Crippen LogP contribution is -2.47. The summed E-state index contributed by atoms with van der Waals surface area (Å²) >= 11 is 8.01. The molecule has 6 heteroatoms. The molecule has 0 fully saturated rings. The monoisotopic (exact) mass is 432 g/mol. The van der Waals surface area contributed by atoms with Crippen LogP contribution in [0, 0.1) is 0 Å². The number of nitrogens with one attached hydrogen (secondary N) is 1. The van der Waals surface area contributed by atoms with Crippen molar-refractivity contribution in [2.45, 2.75) is 45.0 Å². The van der Waals surface area contributed by atoms with Crippen molar-refractivity contribution in [2.24, 2.45) is 0 Å². The lowest BCUT2D eigenvalue weighted by molar-refractivity contribution is -0.140. The maximum Gasteiger partial charge on any atom is 0.242 e. The number of hydrogen-bond donors (Lipinski definition) is 1. The molecule has 0 radical (unpaired) electrons.